The summed E-state index contributed by atoms with van der Waals surface area (Å²) in [7, 11) is 0. The quantitative estimate of drug-likeness (QED) is 0.138. The fraction of sp³-hybridized carbons (Fsp3) is 0.407. The van der Waals surface area contributed by atoms with Gasteiger partial charge in [-0.2, -0.15) is 0 Å². The summed E-state index contributed by atoms with van der Waals surface area (Å²) < 4.78 is 1.11. The second-order valence-corrected chi connectivity index (χ2v) is 9.44. The molecular weight excluding hydrogens is 536 g/mol. The number of hydrogen-bond donors (Lipinski definition) is 4. The molecular formula is C27H34N6O8. The van der Waals surface area contributed by atoms with Crippen LogP contribution in [-0.2, 0) is 25.7 Å². The summed E-state index contributed by atoms with van der Waals surface area (Å²) in [6, 6.07) is 4.94. The van der Waals surface area contributed by atoms with Gasteiger partial charge in [0.2, 0.25) is 17.6 Å². The number of pyridine rings is 1. The summed E-state index contributed by atoms with van der Waals surface area (Å²) >= 11 is 0. The van der Waals surface area contributed by atoms with Crippen molar-refractivity contribution in [3.05, 3.63) is 68.1 Å². The van der Waals surface area contributed by atoms with E-state index in [2.05, 4.69) is 16.0 Å². The van der Waals surface area contributed by atoms with E-state index >= 15 is 0 Å². The summed E-state index contributed by atoms with van der Waals surface area (Å²) in [5.74, 6) is -4.03. The van der Waals surface area contributed by atoms with Crippen LogP contribution in [0.3, 0.4) is 0 Å². The molecule has 1 aromatic heterocycles. The molecule has 1 unspecified atom stereocenters. The first kappa shape index (κ1) is 32.3. The van der Waals surface area contributed by atoms with Gasteiger partial charge in [-0.05, 0) is 37.0 Å². The van der Waals surface area contributed by atoms with E-state index in [1.165, 1.54) is 37.4 Å². The second kappa shape index (κ2) is 15.1. The smallest absolute Gasteiger partial charge is 0.284 e. The van der Waals surface area contributed by atoms with E-state index in [9.17, 15) is 38.9 Å². The van der Waals surface area contributed by atoms with E-state index in [-0.39, 0.29) is 35.8 Å². The van der Waals surface area contributed by atoms with Crippen molar-refractivity contribution in [2.75, 3.05) is 11.9 Å². The second-order valence-electron chi connectivity index (χ2n) is 9.44. The molecule has 1 aromatic carbocycles. The highest BCUT2D eigenvalue weighted by atomic mass is 16.6. The van der Waals surface area contributed by atoms with Crippen LogP contribution in [0.5, 0.6) is 0 Å². The van der Waals surface area contributed by atoms with Crippen molar-refractivity contribution in [3.63, 3.8) is 0 Å². The molecule has 0 radical (unpaired) electrons. The molecule has 0 saturated carbocycles. The molecule has 0 bridgehead atoms. The van der Waals surface area contributed by atoms with Gasteiger partial charge >= 0.3 is 0 Å². The highest BCUT2D eigenvalue weighted by Gasteiger charge is 2.26. The standard InChI is InChI=1S/C27H34N6O8/c1-4-17(5-2)14-29-23(35)15-32-12-6-7-21(27(32)39)31-26(38)20(10-11-22(34)24(28)36)30-25(37)19-13-18(33(40)41)9-8-16(19)3/h6-9,12-13,17,20H,4-5,10-11,14-15H2,1-3H3,(H2,28,36)(H,29,35)(H,30,37)(H,31,38). The molecule has 2 aromatic rings. The van der Waals surface area contributed by atoms with Crippen molar-refractivity contribution < 1.29 is 28.9 Å². The molecule has 1 heterocycles. The molecule has 1 atom stereocenters. The summed E-state index contributed by atoms with van der Waals surface area (Å²) in [5.41, 5.74) is 4.06. The lowest BCUT2D eigenvalue weighted by molar-refractivity contribution is -0.384. The molecule has 41 heavy (non-hydrogen) atoms. The van der Waals surface area contributed by atoms with Gasteiger partial charge in [0.25, 0.3) is 23.1 Å². The Morgan fingerprint density at radius 3 is 2.39 bits per heavy atom. The number of carbonyl (C=O) groups excluding carboxylic acids is 5. The minimum Gasteiger partial charge on any atom is -0.363 e. The topological polar surface area (TPSA) is 213 Å². The first-order valence-corrected chi connectivity index (χ1v) is 13.0. The van der Waals surface area contributed by atoms with Gasteiger partial charge in [0.1, 0.15) is 18.3 Å². The van der Waals surface area contributed by atoms with Gasteiger partial charge in [-0.15, -0.1) is 0 Å². The fourth-order valence-electron chi connectivity index (χ4n) is 3.89. The SMILES string of the molecule is CCC(CC)CNC(=O)Cn1cccc(NC(=O)C(CCC(=O)C(N)=O)NC(=O)c2cc([N+](=O)[O-])ccc2C)c1=O. The summed E-state index contributed by atoms with van der Waals surface area (Å²) in [5, 5.41) is 18.7. The highest BCUT2D eigenvalue weighted by Crippen LogP contribution is 2.18. The lowest BCUT2D eigenvalue weighted by Crippen LogP contribution is -2.45. The number of nitro groups is 1. The van der Waals surface area contributed by atoms with E-state index in [1.807, 2.05) is 13.8 Å². The number of carbonyl (C=O) groups is 5. The maximum atomic E-state index is 13.2. The van der Waals surface area contributed by atoms with Gasteiger partial charge in [-0.25, -0.2) is 0 Å². The first-order chi connectivity index (χ1) is 19.4. The number of anilines is 1. The zero-order valence-corrected chi connectivity index (χ0v) is 23.1. The van der Waals surface area contributed by atoms with Crippen molar-refractivity contribution in [2.24, 2.45) is 11.7 Å². The van der Waals surface area contributed by atoms with Crippen LogP contribution in [0.2, 0.25) is 0 Å². The number of hydrogen-bond acceptors (Lipinski definition) is 8. The monoisotopic (exact) mass is 570 g/mol. The third kappa shape index (κ3) is 9.37. The molecule has 4 amide bonds. The van der Waals surface area contributed by atoms with Crippen LogP contribution >= 0.6 is 0 Å². The highest BCUT2D eigenvalue weighted by molar-refractivity contribution is 6.35. The molecule has 0 aliphatic carbocycles. The van der Waals surface area contributed by atoms with Crippen molar-refractivity contribution in [1.82, 2.24) is 15.2 Å². The molecule has 14 nitrogen and oxygen atoms in total. The lowest BCUT2D eigenvalue weighted by atomic mass is 10.0. The van der Waals surface area contributed by atoms with Gasteiger partial charge in [0, 0.05) is 36.9 Å². The Kier molecular flexibility index (Phi) is 11.9. The Balaban J connectivity index is 2.25. The van der Waals surface area contributed by atoms with Crippen LogP contribution in [0.15, 0.2) is 41.3 Å². The number of aryl methyl sites for hydroxylation is 1. The van der Waals surface area contributed by atoms with E-state index in [0.717, 1.165) is 23.5 Å². The average molecular weight is 571 g/mol. The molecule has 0 spiro atoms. The largest absolute Gasteiger partial charge is 0.363 e. The zero-order valence-electron chi connectivity index (χ0n) is 23.1. The number of nitrogens with zero attached hydrogens (tertiary/aromatic N) is 2. The fourth-order valence-corrected chi connectivity index (χ4v) is 3.89. The third-order valence-electron chi connectivity index (χ3n) is 6.57. The van der Waals surface area contributed by atoms with Crippen LogP contribution in [0.25, 0.3) is 0 Å². The number of nitrogens with two attached hydrogens (primary N) is 1. The molecule has 14 heteroatoms. The number of amides is 4. The predicted molar refractivity (Wildman–Crippen MR) is 149 cm³/mol. The number of ketones is 1. The molecule has 0 aliphatic heterocycles. The molecule has 2 rings (SSSR count). The number of benzene rings is 1. The number of non-ortho nitro benzene ring substituents is 1. The van der Waals surface area contributed by atoms with Crippen molar-refractivity contribution >= 4 is 40.8 Å². The Hall–Kier alpha value is -4.88. The minimum absolute atomic E-state index is 0.0836. The molecule has 0 saturated heterocycles. The molecule has 0 fully saturated rings. The minimum atomic E-state index is -1.43. The van der Waals surface area contributed by atoms with Gasteiger partial charge in [0.05, 0.1) is 4.92 Å². The summed E-state index contributed by atoms with van der Waals surface area (Å²) in [6.07, 6.45) is 2.32. The summed E-state index contributed by atoms with van der Waals surface area (Å²) in [6.45, 7) is 5.74. The number of rotatable bonds is 15. The van der Waals surface area contributed by atoms with Crippen molar-refractivity contribution in [3.8, 4) is 0 Å². The maximum absolute atomic E-state index is 13.2. The molecule has 0 aliphatic rings. The average Bonchev–Trinajstić information content (AvgIpc) is 2.93. The van der Waals surface area contributed by atoms with Gasteiger partial charge in [0.15, 0.2) is 0 Å². The van der Waals surface area contributed by atoms with Crippen LogP contribution in [-0.4, -0.2) is 51.5 Å². The lowest BCUT2D eigenvalue weighted by Gasteiger charge is -2.19. The van der Waals surface area contributed by atoms with Crippen molar-refractivity contribution in [2.45, 2.75) is 59.0 Å². The first-order valence-electron chi connectivity index (χ1n) is 13.0. The maximum Gasteiger partial charge on any atom is 0.284 e. The Bertz CT molecular complexity index is 1380. The third-order valence-corrected chi connectivity index (χ3v) is 6.57. The number of aromatic nitrogens is 1. The van der Waals surface area contributed by atoms with E-state index < -0.39 is 46.5 Å². The van der Waals surface area contributed by atoms with E-state index in [0.29, 0.717) is 18.0 Å². The van der Waals surface area contributed by atoms with Gasteiger partial charge in [-0.1, -0.05) is 32.8 Å². The van der Waals surface area contributed by atoms with E-state index in [4.69, 9.17) is 5.73 Å². The van der Waals surface area contributed by atoms with Crippen LogP contribution in [0.1, 0.15) is 55.5 Å². The number of Topliss-reactive ketones (excluding diaryl/α,β-unsaturated/α-hetero) is 1. The van der Waals surface area contributed by atoms with Gasteiger partial charge < -0.3 is 26.3 Å². The number of nitrogens with one attached hydrogen (secondary N) is 3. The van der Waals surface area contributed by atoms with Gasteiger partial charge in [-0.3, -0.25) is 38.9 Å². The van der Waals surface area contributed by atoms with Crippen LogP contribution in [0, 0.1) is 23.0 Å². The van der Waals surface area contributed by atoms with Crippen LogP contribution < -0.4 is 27.2 Å². The molecule has 5 N–H and O–H groups in total. The van der Waals surface area contributed by atoms with Crippen molar-refractivity contribution in [1.29, 1.82) is 0 Å². The summed E-state index contributed by atoms with van der Waals surface area (Å²) in [4.78, 5) is 85.0. The Labute approximate surface area is 235 Å². The zero-order chi connectivity index (χ0) is 30.7. The molecule has 220 valence electrons. The number of nitro benzene ring substituents is 1. The Morgan fingerprint density at radius 2 is 1.78 bits per heavy atom. The Morgan fingerprint density at radius 1 is 1.10 bits per heavy atom. The predicted octanol–water partition coefficient (Wildman–Crippen LogP) is 1.19. The van der Waals surface area contributed by atoms with Crippen LogP contribution in [0.4, 0.5) is 11.4 Å². The van der Waals surface area contributed by atoms with E-state index in [1.54, 1.807) is 0 Å². The normalized spacial score (nSPS) is 11.4. The number of primary amides is 1.